The quantitative estimate of drug-likeness (QED) is 0.349. The number of nitrogens with zero attached hydrogens (tertiary/aromatic N) is 3. The summed E-state index contributed by atoms with van der Waals surface area (Å²) in [4.78, 5) is 24.3. The van der Waals surface area contributed by atoms with E-state index < -0.39 is 10.8 Å². The first-order valence-corrected chi connectivity index (χ1v) is 7.32. The molecule has 2 rings (SSSR count). The van der Waals surface area contributed by atoms with Crippen molar-refractivity contribution in [3.05, 3.63) is 33.4 Å². The molecular formula is C15H14ClN3O5. The van der Waals surface area contributed by atoms with E-state index in [1.807, 2.05) is 0 Å². The number of rotatable bonds is 5. The van der Waals surface area contributed by atoms with Gasteiger partial charge >= 0.3 is 5.69 Å². The Morgan fingerprint density at radius 2 is 2.04 bits per heavy atom. The maximum atomic E-state index is 12.2. The fourth-order valence-electron chi connectivity index (χ4n) is 2.22. The van der Waals surface area contributed by atoms with Gasteiger partial charge in [-0.05, 0) is 12.5 Å². The van der Waals surface area contributed by atoms with E-state index in [-0.39, 0.29) is 33.4 Å². The van der Waals surface area contributed by atoms with Crippen LogP contribution in [0, 0.1) is 21.4 Å². The van der Waals surface area contributed by atoms with Crippen LogP contribution < -0.4 is 9.47 Å². The lowest BCUT2D eigenvalue weighted by Crippen LogP contribution is -2.42. The molecule has 0 aromatic heterocycles. The SMILES string of the molecule is COc1cc(/C(Cl)=C(\C#N)C(=O)N2CCC2)cc([N+](=O)[O-])c1OC. The summed E-state index contributed by atoms with van der Waals surface area (Å²) < 4.78 is 10.1. The van der Waals surface area contributed by atoms with Gasteiger partial charge in [0.15, 0.2) is 5.75 Å². The molecule has 0 aliphatic carbocycles. The molecule has 1 aromatic rings. The molecule has 9 heteroatoms. The van der Waals surface area contributed by atoms with Crippen molar-refractivity contribution in [1.29, 1.82) is 5.26 Å². The van der Waals surface area contributed by atoms with Crippen LogP contribution in [-0.4, -0.2) is 43.0 Å². The van der Waals surface area contributed by atoms with Crippen LogP contribution in [0.1, 0.15) is 12.0 Å². The van der Waals surface area contributed by atoms with Crippen molar-refractivity contribution in [1.82, 2.24) is 4.90 Å². The molecule has 0 radical (unpaired) electrons. The molecule has 0 atom stereocenters. The molecule has 1 aromatic carbocycles. The van der Waals surface area contributed by atoms with Crippen molar-refractivity contribution in [2.75, 3.05) is 27.3 Å². The van der Waals surface area contributed by atoms with Gasteiger partial charge in [0, 0.05) is 24.7 Å². The van der Waals surface area contributed by atoms with Crippen LogP contribution in [0.5, 0.6) is 11.5 Å². The maximum Gasteiger partial charge on any atom is 0.315 e. The summed E-state index contributed by atoms with van der Waals surface area (Å²) >= 11 is 6.18. The number of carbonyl (C=O) groups excluding carboxylic acids is 1. The number of methoxy groups -OCH3 is 2. The van der Waals surface area contributed by atoms with Crippen LogP contribution in [0.25, 0.3) is 5.03 Å². The normalized spacial score (nSPS) is 14.2. The van der Waals surface area contributed by atoms with Gasteiger partial charge in [-0.25, -0.2) is 0 Å². The lowest BCUT2D eigenvalue weighted by atomic mass is 10.1. The highest BCUT2D eigenvalue weighted by Gasteiger charge is 2.28. The Morgan fingerprint density at radius 3 is 2.46 bits per heavy atom. The number of halogens is 1. The van der Waals surface area contributed by atoms with E-state index in [0.29, 0.717) is 13.1 Å². The van der Waals surface area contributed by atoms with E-state index in [1.165, 1.54) is 25.2 Å². The van der Waals surface area contributed by atoms with E-state index in [0.717, 1.165) is 12.5 Å². The zero-order chi connectivity index (χ0) is 17.9. The molecule has 0 saturated carbocycles. The second-order valence-electron chi connectivity index (χ2n) is 4.93. The minimum atomic E-state index is -0.654. The van der Waals surface area contributed by atoms with Gasteiger partial charge in [-0.3, -0.25) is 14.9 Å². The largest absolute Gasteiger partial charge is 0.493 e. The zero-order valence-corrected chi connectivity index (χ0v) is 13.8. The number of ether oxygens (including phenoxy) is 2. The van der Waals surface area contributed by atoms with Crippen molar-refractivity contribution < 1.29 is 19.2 Å². The molecular weight excluding hydrogens is 338 g/mol. The highest BCUT2D eigenvalue weighted by molar-refractivity contribution is 6.51. The Labute approximate surface area is 143 Å². The van der Waals surface area contributed by atoms with Gasteiger partial charge in [0.05, 0.1) is 24.2 Å². The van der Waals surface area contributed by atoms with E-state index in [1.54, 1.807) is 6.07 Å². The van der Waals surface area contributed by atoms with E-state index in [2.05, 4.69) is 0 Å². The third-order valence-corrected chi connectivity index (χ3v) is 4.01. The standard InChI is InChI=1S/C15H14ClN3O5/c1-23-12-7-9(6-11(19(21)22)14(12)24-2)13(16)10(8-17)15(20)18-4-3-5-18/h6-7H,3-5H2,1-2H3/b13-10-. The minimum absolute atomic E-state index is 0.0664. The van der Waals surface area contributed by atoms with Gasteiger partial charge in [-0.1, -0.05) is 11.6 Å². The second kappa shape index (κ2) is 7.19. The Balaban J connectivity index is 2.59. The first kappa shape index (κ1) is 17.6. The lowest BCUT2D eigenvalue weighted by Gasteiger charge is -2.30. The van der Waals surface area contributed by atoms with E-state index in [4.69, 9.17) is 21.1 Å². The maximum absolute atomic E-state index is 12.2. The average molecular weight is 352 g/mol. The first-order chi connectivity index (χ1) is 11.4. The summed E-state index contributed by atoms with van der Waals surface area (Å²) in [6, 6.07) is 4.31. The summed E-state index contributed by atoms with van der Waals surface area (Å²) in [5.41, 5.74) is -0.511. The average Bonchev–Trinajstić information content (AvgIpc) is 2.52. The Bertz CT molecular complexity index is 765. The van der Waals surface area contributed by atoms with Crippen molar-refractivity contribution in [2.24, 2.45) is 0 Å². The number of benzene rings is 1. The number of carbonyl (C=O) groups is 1. The number of amides is 1. The Morgan fingerprint density at radius 1 is 1.38 bits per heavy atom. The molecule has 0 bridgehead atoms. The molecule has 126 valence electrons. The molecule has 1 aliphatic heterocycles. The van der Waals surface area contributed by atoms with Gasteiger partial charge in [0.2, 0.25) is 5.75 Å². The first-order valence-electron chi connectivity index (χ1n) is 6.94. The van der Waals surface area contributed by atoms with Gasteiger partial charge in [-0.15, -0.1) is 0 Å². The molecule has 1 aliphatic rings. The monoisotopic (exact) mass is 351 g/mol. The molecule has 0 unspecified atom stereocenters. The van der Waals surface area contributed by atoms with Gasteiger partial charge in [0.1, 0.15) is 11.6 Å². The Kier molecular flexibility index (Phi) is 5.26. The zero-order valence-electron chi connectivity index (χ0n) is 13.0. The van der Waals surface area contributed by atoms with Crippen LogP contribution in [0.2, 0.25) is 0 Å². The third-order valence-electron chi connectivity index (χ3n) is 3.60. The third kappa shape index (κ3) is 3.12. The van der Waals surface area contributed by atoms with Crippen molar-refractivity contribution in [2.45, 2.75) is 6.42 Å². The summed E-state index contributed by atoms with van der Waals surface area (Å²) in [6.45, 7) is 1.11. The number of nitriles is 1. The molecule has 0 spiro atoms. The topological polar surface area (TPSA) is 106 Å². The van der Waals surface area contributed by atoms with Gasteiger partial charge < -0.3 is 14.4 Å². The van der Waals surface area contributed by atoms with Crippen LogP contribution in [0.3, 0.4) is 0 Å². The number of nitro benzene ring substituents is 1. The van der Waals surface area contributed by atoms with E-state index in [9.17, 15) is 20.2 Å². The summed E-state index contributed by atoms with van der Waals surface area (Å²) in [7, 11) is 2.59. The number of likely N-dealkylation sites (tertiary alicyclic amines) is 1. The second-order valence-corrected chi connectivity index (χ2v) is 5.31. The lowest BCUT2D eigenvalue weighted by molar-refractivity contribution is -0.385. The van der Waals surface area contributed by atoms with Gasteiger partial charge in [-0.2, -0.15) is 5.26 Å². The summed E-state index contributed by atoms with van der Waals surface area (Å²) in [5.74, 6) is -0.483. The van der Waals surface area contributed by atoms with Crippen molar-refractivity contribution in [3.63, 3.8) is 0 Å². The number of hydrogen-bond acceptors (Lipinski definition) is 6. The summed E-state index contributed by atoms with van der Waals surface area (Å²) in [6.07, 6.45) is 0.865. The molecule has 1 heterocycles. The number of nitro groups is 1. The van der Waals surface area contributed by atoms with Crippen molar-refractivity contribution in [3.8, 4) is 17.6 Å². The molecule has 8 nitrogen and oxygen atoms in total. The Hall–Kier alpha value is -2.79. The predicted molar refractivity (Wildman–Crippen MR) is 85.8 cm³/mol. The minimum Gasteiger partial charge on any atom is -0.493 e. The van der Waals surface area contributed by atoms with Crippen LogP contribution in [-0.2, 0) is 4.79 Å². The molecule has 1 amide bonds. The summed E-state index contributed by atoms with van der Waals surface area (Å²) in [5, 5.41) is 20.3. The smallest absolute Gasteiger partial charge is 0.315 e. The predicted octanol–water partition coefficient (Wildman–Crippen LogP) is 2.32. The molecule has 24 heavy (non-hydrogen) atoms. The van der Waals surface area contributed by atoms with Crippen LogP contribution >= 0.6 is 11.6 Å². The van der Waals surface area contributed by atoms with E-state index >= 15 is 0 Å². The van der Waals surface area contributed by atoms with Gasteiger partial charge in [0.25, 0.3) is 5.91 Å². The highest BCUT2D eigenvalue weighted by Crippen LogP contribution is 2.41. The fraction of sp³-hybridized carbons (Fsp3) is 0.333. The van der Waals surface area contributed by atoms with Crippen LogP contribution in [0.4, 0.5) is 5.69 Å². The molecule has 1 saturated heterocycles. The van der Waals surface area contributed by atoms with Crippen LogP contribution in [0.15, 0.2) is 17.7 Å². The highest BCUT2D eigenvalue weighted by atomic mass is 35.5. The van der Waals surface area contributed by atoms with Crippen molar-refractivity contribution >= 4 is 28.2 Å². The fourth-order valence-corrected chi connectivity index (χ4v) is 2.45. The molecule has 0 N–H and O–H groups in total. The molecule has 1 fully saturated rings. The number of hydrogen-bond donors (Lipinski definition) is 0.